The molecule has 0 saturated carbocycles. The van der Waals surface area contributed by atoms with Crippen LogP contribution in [0.1, 0.15) is 17.4 Å². The van der Waals surface area contributed by atoms with Gasteiger partial charge in [-0.3, -0.25) is 0 Å². The number of guanidine groups is 1. The molecular formula is C18H24BrN3O2S. The number of nitrogens with zero attached hydrogens (tertiary/aromatic N) is 1. The lowest BCUT2D eigenvalue weighted by Crippen LogP contribution is -2.38. The van der Waals surface area contributed by atoms with Gasteiger partial charge < -0.3 is 20.1 Å². The molecule has 1 heterocycles. The van der Waals surface area contributed by atoms with Crippen LogP contribution < -0.4 is 20.1 Å². The van der Waals surface area contributed by atoms with Gasteiger partial charge in [-0.15, -0.1) is 11.3 Å². The number of methoxy groups -OCH3 is 2. The van der Waals surface area contributed by atoms with Crippen molar-refractivity contribution in [3.8, 4) is 11.5 Å². The molecule has 5 nitrogen and oxygen atoms in total. The van der Waals surface area contributed by atoms with Gasteiger partial charge in [-0.25, -0.2) is 4.99 Å². The van der Waals surface area contributed by atoms with Crippen LogP contribution in [-0.4, -0.2) is 33.3 Å². The van der Waals surface area contributed by atoms with E-state index in [-0.39, 0.29) is 0 Å². The fraction of sp³-hybridized carbons (Fsp3) is 0.389. The molecule has 0 fully saturated rings. The number of rotatable bonds is 8. The van der Waals surface area contributed by atoms with Gasteiger partial charge in [0.2, 0.25) is 0 Å². The molecule has 1 aromatic carbocycles. The predicted molar refractivity (Wildman–Crippen MR) is 108 cm³/mol. The molecule has 0 aliphatic heterocycles. The molecule has 0 bridgehead atoms. The molecule has 136 valence electrons. The maximum atomic E-state index is 5.34. The third-order valence-electron chi connectivity index (χ3n) is 3.50. The smallest absolute Gasteiger partial charge is 0.191 e. The Kier molecular flexibility index (Phi) is 8.08. The summed E-state index contributed by atoms with van der Waals surface area (Å²) in [4.78, 5) is 5.99. The summed E-state index contributed by atoms with van der Waals surface area (Å²) in [5.41, 5.74) is 1.07. The minimum absolute atomic E-state index is 0.570. The van der Waals surface area contributed by atoms with E-state index in [0.29, 0.717) is 6.54 Å². The molecule has 0 radical (unpaired) electrons. The van der Waals surface area contributed by atoms with Crippen LogP contribution in [0.15, 0.2) is 39.1 Å². The fourth-order valence-corrected chi connectivity index (χ4v) is 3.76. The summed E-state index contributed by atoms with van der Waals surface area (Å²) < 4.78 is 11.8. The standard InChI is InChI=1S/C18H24BrN3O2S/c1-4-20-18(21-10-9-14-6-8-17(19)25-14)22-12-13-5-7-15(23-2)16(11-13)24-3/h5-8,11H,4,9-10,12H2,1-3H3,(H2,20,21,22). The van der Waals surface area contributed by atoms with E-state index in [1.807, 2.05) is 18.2 Å². The first-order valence-corrected chi connectivity index (χ1v) is 9.74. The van der Waals surface area contributed by atoms with Crippen molar-refractivity contribution in [2.24, 2.45) is 4.99 Å². The van der Waals surface area contributed by atoms with Gasteiger partial charge in [0, 0.05) is 18.0 Å². The Morgan fingerprint density at radius 3 is 2.56 bits per heavy atom. The zero-order chi connectivity index (χ0) is 18.1. The van der Waals surface area contributed by atoms with E-state index in [1.165, 1.54) is 4.88 Å². The van der Waals surface area contributed by atoms with Crippen molar-refractivity contribution in [1.82, 2.24) is 10.6 Å². The number of benzene rings is 1. The summed E-state index contributed by atoms with van der Waals surface area (Å²) in [6.45, 7) is 4.29. The lowest BCUT2D eigenvalue weighted by atomic mass is 10.2. The summed E-state index contributed by atoms with van der Waals surface area (Å²) in [7, 11) is 3.27. The number of aliphatic imine (C=N–C) groups is 1. The highest BCUT2D eigenvalue weighted by Gasteiger charge is 2.05. The minimum atomic E-state index is 0.570. The molecule has 0 aliphatic carbocycles. The highest BCUT2D eigenvalue weighted by molar-refractivity contribution is 9.11. The molecule has 7 heteroatoms. The molecule has 0 spiro atoms. The molecule has 25 heavy (non-hydrogen) atoms. The van der Waals surface area contributed by atoms with Gasteiger partial charge in [0.05, 0.1) is 24.6 Å². The Hall–Kier alpha value is -1.73. The van der Waals surface area contributed by atoms with E-state index in [1.54, 1.807) is 25.6 Å². The number of halogens is 1. The first-order valence-electron chi connectivity index (χ1n) is 8.13. The van der Waals surface area contributed by atoms with Gasteiger partial charge in [-0.05, 0) is 59.1 Å². The van der Waals surface area contributed by atoms with Crippen molar-refractivity contribution in [2.75, 3.05) is 27.3 Å². The lowest BCUT2D eigenvalue weighted by Gasteiger charge is -2.12. The summed E-state index contributed by atoms with van der Waals surface area (Å²) >= 11 is 5.25. The maximum absolute atomic E-state index is 5.34. The third kappa shape index (κ3) is 6.25. The van der Waals surface area contributed by atoms with Crippen molar-refractivity contribution in [2.45, 2.75) is 19.9 Å². The SMILES string of the molecule is CCNC(=NCc1ccc(OC)c(OC)c1)NCCc1ccc(Br)s1. The first kappa shape index (κ1) is 19.6. The second-order valence-electron chi connectivity index (χ2n) is 5.27. The Morgan fingerprint density at radius 2 is 1.92 bits per heavy atom. The largest absolute Gasteiger partial charge is 0.493 e. The van der Waals surface area contributed by atoms with Gasteiger partial charge in [-0.1, -0.05) is 6.07 Å². The van der Waals surface area contributed by atoms with Crippen LogP contribution in [0.4, 0.5) is 0 Å². The monoisotopic (exact) mass is 425 g/mol. The van der Waals surface area contributed by atoms with Crippen LogP contribution in [0.2, 0.25) is 0 Å². The van der Waals surface area contributed by atoms with Gasteiger partial charge in [-0.2, -0.15) is 0 Å². The maximum Gasteiger partial charge on any atom is 0.191 e. The lowest BCUT2D eigenvalue weighted by molar-refractivity contribution is 0.354. The van der Waals surface area contributed by atoms with Gasteiger partial charge in [0.25, 0.3) is 0 Å². The Labute approximate surface area is 161 Å². The quantitative estimate of drug-likeness (QED) is 0.498. The normalized spacial score (nSPS) is 11.3. The van der Waals surface area contributed by atoms with Crippen molar-refractivity contribution in [1.29, 1.82) is 0 Å². The first-order chi connectivity index (χ1) is 12.2. The van der Waals surface area contributed by atoms with Crippen LogP contribution in [0.3, 0.4) is 0 Å². The topological polar surface area (TPSA) is 54.9 Å². The zero-order valence-electron chi connectivity index (χ0n) is 14.8. The van der Waals surface area contributed by atoms with Crippen LogP contribution in [0.25, 0.3) is 0 Å². The van der Waals surface area contributed by atoms with Crippen molar-refractivity contribution in [3.05, 3.63) is 44.6 Å². The Morgan fingerprint density at radius 1 is 1.12 bits per heavy atom. The van der Waals surface area contributed by atoms with E-state index in [4.69, 9.17) is 9.47 Å². The molecule has 2 N–H and O–H groups in total. The van der Waals surface area contributed by atoms with E-state index in [2.05, 4.69) is 50.6 Å². The molecule has 0 amide bonds. The van der Waals surface area contributed by atoms with E-state index >= 15 is 0 Å². The third-order valence-corrected chi connectivity index (χ3v) is 5.19. The number of hydrogen-bond acceptors (Lipinski definition) is 4. The summed E-state index contributed by atoms with van der Waals surface area (Å²) in [6, 6.07) is 10.1. The predicted octanol–water partition coefficient (Wildman–Crippen LogP) is 3.83. The number of nitrogens with one attached hydrogen (secondary N) is 2. The second kappa shape index (κ2) is 10.3. The molecule has 2 aromatic rings. The average molecular weight is 426 g/mol. The average Bonchev–Trinajstić information content (AvgIpc) is 3.04. The molecule has 0 unspecified atom stereocenters. The molecular weight excluding hydrogens is 402 g/mol. The summed E-state index contributed by atoms with van der Waals surface area (Å²) in [6.07, 6.45) is 0.969. The second-order valence-corrected chi connectivity index (χ2v) is 7.81. The van der Waals surface area contributed by atoms with Gasteiger partial charge >= 0.3 is 0 Å². The van der Waals surface area contributed by atoms with Crippen LogP contribution in [0, 0.1) is 0 Å². The highest BCUT2D eigenvalue weighted by atomic mass is 79.9. The van der Waals surface area contributed by atoms with Crippen LogP contribution in [-0.2, 0) is 13.0 Å². The highest BCUT2D eigenvalue weighted by Crippen LogP contribution is 2.27. The van der Waals surface area contributed by atoms with E-state index in [0.717, 1.165) is 46.3 Å². The van der Waals surface area contributed by atoms with E-state index in [9.17, 15) is 0 Å². The fourth-order valence-electron chi connectivity index (χ4n) is 2.28. The van der Waals surface area contributed by atoms with Crippen molar-refractivity contribution < 1.29 is 9.47 Å². The molecule has 2 rings (SSSR count). The zero-order valence-corrected chi connectivity index (χ0v) is 17.2. The van der Waals surface area contributed by atoms with Crippen LogP contribution in [0.5, 0.6) is 11.5 Å². The number of thiophene rings is 1. The number of ether oxygens (including phenoxy) is 2. The molecule has 0 saturated heterocycles. The summed E-state index contributed by atoms with van der Waals surface area (Å²) in [5.74, 6) is 2.26. The van der Waals surface area contributed by atoms with Gasteiger partial charge in [0.15, 0.2) is 17.5 Å². The van der Waals surface area contributed by atoms with Crippen molar-refractivity contribution in [3.63, 3.8) is 0 Å². The van der Waals surface area contributed by atoms with Gasteiger partial charge in [0.1, 0.15) is 0 Å². The van der Waals surface area contributed by atoms with E-state index < -0.39 is 0 Å². The van der Waals surface area contributed by atoms with Crippen molar-refractivity contribution >= 4 is 33.2 Å². The molecule has 0 atom stereocenters. The Bertz CT molecular complexity index is 703. The molecule has 0 aliphatic rings. The number of hydrogen-bond donors (Lipinski definition) is 2. The minimum Gasteiger partial charge on any atom is -0.493 e. The van der Waals surface area contributed by atoms with Crippen LogP contribution >= 0.6 is 27.3 Å². The summed E-state index contributed by atoms with van der Waals surface area (Å²) in [5, 5.41) is 6.65. The molecule has 1 aromatic heterocycles. The Balaban J connectivity index is 1.94.